The van der Waals surface area contributed by atoms with Crippen LogP contribution < -0.4 is 5.32 Å². The van der Waals surface area contributed by atoms with Crippen molar-refractivity contribution in [3.05, 3.63) is 30.0 Å². The van der Waals surface area contributed by atoms with Gasteiger partial charge in [-0.1, -0.05) is 17.3 Å². The van der Waals surface area contributed by atoms with Crippen molar-refractivity contribution in [2.45, 2.75) is 19.4 Å². The summed E-state index contributed by atoms with van der Waals surface area (Å²) in [7, 11) is 0. The van der Waals surface area contributed by atoms with Gasteiger partial charge in [-0.2, -0.15) is 0 Å². The molecule has 2 aromatic rings. The third kappa shape index (κ3) is 2.62. The first-order valence-electron chi connectivity index (χ1n) is 5.44. The molecule has 5 heteroatoms. The number of aliphatic hydroxyl groups is 1. The van der Waals surface area contributed by atoms with E-state index in [-0.39, 0.29) is 25.0 Å². The predicted octanol–water partition coefficient (Wildman–Crippen LogP) is 0.867. The van der Waals surface area contributed by atoms with Crippen LogP contribution in [0.2, 0.25) is 0 Å². The lowest BCUT2D eigenvalue weighted by Crippen LogP contribution is -2.36. The third-order valence-electron chi connectivity index (χ3n) is 2.46. The van der Waals surface area contributed by atoms with Gasteiger partial charge in [-0.3, -0.25) is 4.79 Å². The molecular formula is C12H14N2O3. The molecule has 0 aliphatic carbocycles. The Bertz CT molecular complexity index is 521. The first-order chi connectivity index (χ1) is 8.20. The van der Waals surface area contributed by atoms with E-state index in [1.165, 1.54) is 0 Å². The van der Waals surface area contributed by atoms with Crippen LogP contribution in [0.3, 0.4) is 0 Å². The van der Waals surface area contributed by atoms with Crippen LogP contribution in [0.4, 0.5) is 0 Å². The molecule has 0 spiro atoms. The molecule has 1 amide bonds. The Balaban J connectivity index is 2.11. The second kappa shape index (κ2) is 4.97. The molecule has 90 valence electrons. The summed E-state index contributed by atoms with van der Waals surface area (Å²) in [6.45, 7) is 1.66. The minimum Gasteiger partial charge on any atom is -0.394 e. The zero-order chi connectivity index (χ0) is 12.3. The third-order valence-corrected chi connectivity index (χ3v) is 2.46. The van der Waals surface area contributed by atoms with Gasteiger partial charge in [0.15, 0.2) is 5.58 Å². The minimum atomic E-state index is -0.249. The van der Waals surface area contributed by atoms with Crippen molar-refractivity contribution in [3.63, 3.8) is 0 Å². The second-order valence-corrected chi connectivity index (χ2v) is 3.95. The van der Waals surface area contributed by atoms with Gasteiger partial charge in [-0.05, 0) is 19.1 Å². The molecule has 0 aliphatic heterocycles. The molecule has 1 heterocycles. The van der Waals surface area contributed by atoms with E-state index in [1.807, 2.05) is 18.2 Å². The highest BCUT2D eigenvalue weighted by atomic mass is 16.5. The smallest absolute Gasteiger partial charge is 0.226 e. The topological polar surface area (TPSA) is 75.4 Å². The van der Waals surface area contributed by atoms with Crippen LogP contribution in [0, 0.1) is 0 Å². The fraction of sp³-hybridized carbons (Fsp3) is 0.333. The molecule has 0 saturated heterocycles. The molecule has 0 radical (unpaired) electrons. The van der Waals surface area contributed by atoms with Gasteiger partial charge in [-0.25, -0.2) is 0 Å². The van der Waals surface area contributed by atoms with Gasteiger partial charge in [0.25, 0.3) is 0 Å². The lowest BCUT2D eigenvalue weighted by atomic mass is 10.1. The number of amides is 1. The Morgan fingerprint density at radius 3 is 3.06 bits per heavy atom. The highest BCUT2D eigenvalue weighted by molar-refractivity contribution is 5.86. The first kappa shape index (κ1) is 11.6. The lowest BCUT2D eigenvalue weighted by molar-refractivity contribution is -0.121. The minimum absolute atomic E-state index is 0.0781. The van der Waals surface area contributed by atoms with Gasteiger partial charge in [0.2, 0.25) is 5.91 Å². The molecule has 0 aliphatic rings. The maximum Gasteiger partial charge on any atom is 0.226 e. The number of aliphatic hydroxyl groups excluding tert-OH is 1. The Hall–Kier alpha value is -1.88. The van der Waals surface area contributed by atoms with E-state index < -0.39 is 0 Å². The number of fused-ring (bicyclic) bond motifs is 1. The summed E-state index contributed by atoms with van der Waals surface area (Å²) < 4.78 is 5.10. The molecule has 1 atom stereocenters. The highest BCUT2D eigenvalue weighted by Crippen LogP contribution is 2.17. The standard InChI is InChI=1S/C12H14N2O3/c1-8(7-15)13-12(16)6-10-9-4-2-3-5-11(9)17-14-10/h2-5,8,15H,6-7H2,1H3,(H,13,16). The Morgan fingerprint density at radius 2 is 2.29 bits per heavy atom. The molecule has 1 aromatic heterocycles. The monoisotopic (exact) mass is 234 g/mol. The maximum absolute atomic E-state index is 11.6. The zero-order valence-electron chi connectivity index (χ0n) is 9.51. The molecule has 0 fully saturated rings. The number of benzene rings is 1. The van der Waals surface area contributed by atoms with Crippen molar-refractivity contribution in [3.8, 4) is 0 Å². The van der Waals surface area contributed by atoms with Crippen LogP contribution in [-0.2, 0) is 11.2 Å². The van der Waals surface area contributed by atoms with Crippen LogP contribution in [0.15, 0.2) is 28.8 Å². The predicted molar refractivity (Wildman–Crippen MR) is 62.4 cm³/mol. The fourth-order valence-corrected chi connectivity index (χ4v) is 1.59. The molecular weight excluding hydrogens is 220 g/mol. The average molecular weight is 234 g/mol. The van der Waals surface area contributed by atoms with Crippen molar-refractivity contribution < 1.29 is 14.4 Å². The Kier molecular flexibility index (Phi) is 3.39. The number of rotatable bonds is 4. The van der Waals surface area contributed by atoms with Gasteiger partial charge in [0.1, 0.15) is 5.69 Å². The Labute approximate surface area is 98.4 Å². The Morgan fingerprint density at radius 1 is 1.53 bits per heavy atom. The van der Waals surface area contributed by atoms with Crippen molar-refractivity contribution in [2.24, 2.45) is 0 Å². The van der Waals surface area contributed by atoms with E-state index in [9.17, 15) is 4.79 Å². The van der Waals surface area contributed by atoms with E-state index in [0.29, 0.717) is 11.3 Å². The number of para-hydroxylation sites is 1. The number of nitrogens with one attached hydrogen (secondary N) is 1. The summed E-state index contributed by atoms with van der Waals surface area (Å²) in [4.78, 5) is 11.6. The van der Waals surface area contributed by atoms with Gasteiger partial charge in [-0.15, -0.1) is 0 Å². The summed E-state index contributed by atoms with van der Waals surface area (Å²) in [6, 6.07) is 7.15. The second-order valence-electron chi connectivity index (χ2n) is 3.95. The molecule has 1 unspecified atom stereocenters. The number of nitrogens with zero attached hydrogens (tertiary/aromatic N) is 1. The van der Waals surface area contributed by atoms with E-state index in [0.717, 1.165) is 5.39 Å². The van der Waals surface area contributed by atoms with Crippen molar-refractivity contribution in [1.29, 1.82) is 0 Å². The zero-order valence-corrected chi connectivity index (χ0v) is 9.51. The normalized spacial score (nSPS) is 12.6. The van der Waals surface area contributed by atoms with E-state index >= 15 is 0 Å². The van der Waals surface area contributed by atoms with Crippen LogP contribution >= 0.6 is 0 Å². The quantitative estimate of drug-likeness (QED) is 0.823. The van der Waals surface area contributed by atoms with Crippen LogP contribution in [0.1, 0.15) is 12.6 Å². The summed E-state index contributed by atoms with van der Waals surface area (Å²) in [6.07, 6.45) is 0.154. The van der Waals surface area contributed by atoms with E-state index in [4.69, 9.17) is 9.63 Å². The van der Waals surface area contributed by atoms with Crippen molar-refractivity contribution in [1.82, 2.24) is 10.5 Å². The van der Waals surface area contributed by atoms with Gasteiger partial charge in [0, 0.05) is 11.4 Å². The molecule has 2 N–H and O–H groups in total. The fourth-order valence-electron chi connectivity index (χ4n) is 1.59. The molecule has 2 rings (SSSR count). The van der Waals surface area contributed by atoms with Gasteiger partial charge in [0.05, 0.1) is 13.0 Å². The maximum atomic E-state index is 11.6. The SMILES string of the molecule is CC(CO)NC(=O)Cc1noc2ccccc12. The summed E-state index contributed by atoms with van der Waals surface area (Å²) >= 11 is 0. The van der Waals surface area contributed by atoms with Gasteiger partial charge >= 0.3 is 0 Å². The summed E-state index contributed by atoms with van der Waals surface area (Å²) in [5.74, 6) is -0.175. The number of carbonyl (C=O) groups excluding carboxylic acids is 1. The van der Waals surface area contributed by atoms with Crippen LogP contribution in [0.5, 0.6) is 0 Å². The number of hydrogen-bond acceptors (Lipinski definition) is 4. The number of aromatic nitrogens is 1. The van der Waals surface area contributed by atoms with E-state index in [2.05, 4.69) is 10.5 Å². The van der Waals surface area contributed by atoms with Crippen LogP contribution in [-0.4, -0.2) is 28.8 Å². The van der Waals surface area contributed by atoms with Gasteiger partial charge < -0.3 is 14.9 Å². The largest absolute Gasteiger partial charge is 0.394 e. The molecule has 1 aromatic carbocycles. The molecule has 0 bridgehead atoms. The molecule has 17 heavy (non-hydrogen) atoms. The molecule has 0 saturated carbocycles. The van der Waals surface area contributed by atoms with Crippen molar-refractivity contribution in [2.75, 3.05) is 6.61 Å². The van der Waals surface area contributed by atoms with Crippen molar-refractivity contribution >= 4 is 16.9 Å². The highest BCUT2D eigenvalue weighted by Gasteiger charge is 2.13. The average Bonchev–Trinajstić information content (AvgIpc) is 2.72. The number of hydrogen-bond donors (Lipinski definition) is 2. The lowest BCUT2D eigenvalue weighted by Gasteiger charge is -2.09. The van der Waals surface area contributed by atoms with Crippen LogP contribution in [0.25, 0.3) is 11.0 Å². The first-order valence-corrected chi connectivity index (χ1v) is 5.44. The summed E-state index contributed by atoms with van der Waals surface area (Å²) in [5, 5.41) is 16.2. The number of carbonyl (C=O) groups is 1. The summed E-state index contributed by atoms with van der Waals surface area (Å²) in [5.41, 5.74) is 1.29. The molecule has 5 nitrogen and oxygen atoms in total. The van der Waals surface area contributed by atoms with E-state index in [1.54, 1.807) is 13.0 Å².